The highest BCUT2D eigenvalue weighted by Gasteiger charge is 2.30. The van der Waals surface area contributed by atoms with Gasteiger partial charge >= 0.3 is 0 Å². The molecule has 2 heterocycles. The molecule has 0 bridgehead atoms. The lowest BCUT2D eigenvalue weighted by Gasteiger charge is -2.24. The van der Waals surface area contributed by atoms with Crippen molar-refractivity contribution in [2.45, 2.75) is 37.8 Å². The number of likely N-dealkylation sites (N-methyl/N-ethyl adjacent to an activating group) is 1. The Morgan fingerprint density at radius 3 is 2.69 bits per heavy atom. The number of anilines is 1. The maximum absolute atomic E-state index is 13.4. The van der Waals surface area contributed by atoms with Crippen LogP contribution in [0.5, 0.6) is 5.75 Å². The lowest BCUT2D eigenvalue weighted by molar-refractivity contribution is 0.0754. The third-order valence-corrected chi connectivity index (χ3v) is 6.97. The van der Waals surface area contributed by atoms with Crippen molar-refractivity contribution in [3.8, 4) is 5.75 Å². The number of carbonyl (C=O) groups excluding carboxylic acids is 1. The van der Waals surface area contributed by atoms with E-state index in [1.54, 1.807) is 6.20 Å². The van der Waals surface area contributed by atoms with Crippen molar-refractivity contribution in [1.29, 1.82) is 0 Å². The molecule has 5 rings (SSSR count). The van der Waals surface area contributed by atoms with E-state index in [2.05, 4.69) is 57.7 Å². The first kappa shape index (κ1) is 23.4. The molecular weight excluding hydrogens is 436 g/mol. The zero-order valence-electron chi connectivity index (χ0n) is 20.6. The Balaban J connectivity index is 1.38. The SMILES string of the molecule is CNCCC(Oc1ccc(CN2CCN(C)c3ncccc3C2=O)c(C2CC2)c1)c1ccccc1. The third kappa shape index (κ3) is 5.33. The van der Waals surface area contributed by atoms with E-state index >= 15 is 0 Å². The normalized spacial score (nSPS) is 16.6. The predicted octanol–water partition coefficient (Wildman–Crippen LogP) is 4.78. The van der Waals surface area contributed by atoms with Gasteiger partial charge in [-0.15, -0.1) is 0 Å². The van der Waals surface area contributed by atoms with Crippen LogP contribution < -0.4 is 15.0 Å². The molecule has 0 spiro atoms. The highest BCUT2D eigenvalue weighted by Crippen LogP contribution is 2.44. The molecule has 1 fully saturated rings. The number of amides is 1. The number of ether oxygens (including phenoxy) is 1. The molecule has 35 heavy (non-hydrogen) atoms. The van der Waals surface area contributed by atoms with Gasteiger partial charge in [-0.05, 0) is 73.3 Å². The Hall–Kier alpha value is -3.38. The minimum absolute atomic E-state index is 0.00623. The fraction of sp³-hybridized carbons (Fsp3) is 0.379. The van der Waals surface area contributed by atoms with Crippen molar-refractivity contribution in [2.75, 3.05) is 38.6 Å². The molecule has 1 atom stereocenters. The molecule has 1 aliphatic heterocycles. The van der Waals surface area contributed by atoms with Gasteiger partial charge in [-0.3, -0.25) is 4.79 Å². The lowest BCUT2D eigenvalue weighted by atomic mass is 10.0. The molecule has 0 saturated heterocycles. The van der Waals surface area contributed by atoms with E-state index in [0.29, 0.717) is 24.6 Å². The summed E-state index contributed by atoms with van der Waals surface area (Å²) in [7, 11) is 3.97. The number of rotatable bonds is 9. The van der Waals surface area contributed by atoms with Gasteiger partial charge in [-0.2, -0.15) is 0 Å². The van der Waals surface area contributed by atoms with Crippen LogP contribution in [-0.4, -0.2) is 49.5 Å². The Bertz CT molecular complexity index is 1160. The number of pyridine rings is 1. The highest BCUT2D eigenvalue weighted by atomic mass is 16.5. The smallest absolute Gasteiger partial charge is 0.257 e. The van der Waals surface area contributed by atoms with Crippen LogP contribution in [-0.2, 0) is 6.54 Å². The zero-order chi connectivity index (χ0) is 24.2. The van der Waals surface area contributed by atoms with Crippen LogP contribution in [0.25, 0.3) is 0 Å². The van der Waals surface area contributed by atoms with Crippen LogP contribution in [0.15, 0.2) is 66.9 Å². The van der Waals surface area contributed by atoms with Crippen LogP contribution in [0.1, 0.15) is 58.3 Å². The Labute approximate surface area is 207 Å². The molecule has 6 heteroatoms. The van der Waals surface area contributed by atoms with Gasteiger partial charge in [0.15, 0.2) is 0 Å². The number of fused-ring (bicyclic) bond motifs is 1. The monoisotopic (exact) mass is 470 g/mol. The molecule has 3 aromatic rings. The van der Waals surface area contributed by atoms with Crippen LogP contribution in [0.2, 0.25) is 0 Å². The molecule has 1 N–H and O–H groups in total. The van der Waals surface area contributed by atoms with E-state index in [4.69, 9.17) is 4.74 Å². The van der Waals surface area contributed by atoms with Gasteiger partial charge in [-0.25, -0.2) is 4.98 Å². The van der Waals surface area contributed by atoms with Crippen LogP contribution in [0.3, 0.4) is 0 Å². The first-order valence-electron chi connectivity index (χ1n) is 12.6. The van der Waals surface area contributed by atoms with Gasteiger partial charge in [-0.1, -0.05) is 36.4 Å². The average molecular weight is 471 g/mol. The number of benzene rings is 2. The van der Waals surface area contributed by atoms with Gasteiger partial charge < -0.3 is 19.9 Å². The summed E-state index contributed by atoms with van der Waals surface area (Å²) < 4.78 is 6.53. The first-order chi connectivity index (χ1) is 17.1. The molecule has 2 aliphatic rings. The van der Waals surface area contributed by atoms with Crippen LogP contribution in [0, 0.1) is 0 Å². The average Bonchev–Trinajstić information content (AvgIpc) is 3.75. The minimum atomic E-state index is -0.00623. The van der Waals surface area contributed by atoms with E-state index in [0.717, 1.165) is 31.1 Å². The second-order valence-corrected chi connectivity index (χ2v) is 9.57. The molecular formula is C29H34N4O2. The molecule has 1 saturated carbocycles. The summed E-state index contributed by atoms with van der Waals surface area (Å²) in [4.78, 5) is 21.9. The van der Waals surface area contributed by atoms with E-state index in [9.17, 15) is 4.79 Å². The summed E-state index contributed by atoms with van der Waals surface area (Å²) in [5.41, 5.74) is 4.40. The highest BCUT2D eigenvalue weighted by molar-refractivity contribution is 5.99. The van der Waals surface area contributed by atoms with E-state index < -0.39 is 0 Å². The van der Waals surface area contributed by atoms with E-state index in [1.807, 2.05) is 37.2 Å². The third-order valence-electron chi connectivity index (χ3n) is 6.97. The summed E-state index contributed by atoms with van der Waals surface area (Å²) >= 11 is 0. The second-order valence-electron chi connectivity index (χ2n) is 9.57. The summed E-state index contributed by atoms with van der Waals surface area (Å²) in [6, 6.07) is 20.6. The van der Waals surface area contributed by atoms with Gasteiger partial charge in [0, 0.05) is 39.3 Å². The molecule has 182 valence electrons. The molecule has 1 aromatic heterocycles. The summed E-state index contributed by atoms with van der Waals surface area (Å²) in [5, 5.41) is 3.24. The fourth-order valence-electron chi connectivity index (χ4n) is 4.84. The van der Waals surface area contributed by atoms with E-state index in [-0.39, 0.29) is 12.0 Å². The molecule has 1 aliphatic carbocycles. The van der Waals surface area contributed by atoms with Crippen molar-refractivity contribution in [3.63, 3.8) is 0 Å². The van der Waals surface area contributed by atoms with E-state index in [1.165, 1.54) is 29.5 Å². The molecule has 6 nitrogen and oxygen atoms in total. The fourth-order valence-corrected chi connectivity index (χ4v) is 4.84. The van der Waals surface area contributed by atoms with Crippen LogP contribution >= 0.6 is 0 Å². The van der Waals surface area contributed by atoms with Crippen molar-refractivity contribution >= 4 is 11.7 Å². The van der Waals surface area contributed by atoms with Crippen molar-refractivity contribution in [2.24, 2.45) is 0 Å². The number of hydrogen-bond acceptors (Lipinski definition) is 5. The molecule has 0 radical (unpaired) electrons. The van der Waals surface area contributed by atoms with Gasteiger partial charge in [0.2, 0.25) is 0 Å². The zero-order valence-corrected chi connectivity index (χ0v) is 20.6. The predicted molar refractivity (Wildman–Crippen MR) is 139 cm³/mol. The maximum Gasteiger partial charge on any atom is 0.257 e. The van der Waals surface area contributed by atoms with Crippen molar-refractivity contribution < 1.29 is 9.53 Å². The maximum atomic E-state index is 13.4. The number of carbonyl (C=O) groups is 1. The Kier molecular flexibility index (Phi) is 7.00. The largest absolute Gasteiger partial charge is 0.486 e. The van der Waals surface area contributed by atoms with Crippen molar-refractivity contribution in [1.82, 2.24) is 15.2 Å². The van der Waals surface area contributed by atoms with Crippen molar-refractivity contribution in [3.05, 3.63) is 89.1 Å². The Morgan fingerprint density at radius 1 is 1.09 bits per heavy atom. The number of nitrogens with zero attached hydrogens (tertiary/aromatic N) is 3. The number of nitrogens with one attached hydrogen (secondary N) is 1. The number of aromatic nitrogens is 1. The summed E-state index contributed by atoms with van der Waals surface area (Å²) in [6.45, 7) is 2.93. The lowest BCUT2D eigenvalue weighted by Crippen LogP contribution is -2.33. The minimum Gasteiger partial charge on any atom is -0.486 e. The topological polar surface area (TPSA) is 57.7 Å². The second kappa shape index (κ2) is 10.5. The molecule has 1 unspecified atom stereocenters. The molecule has 1 amide bonds. The summed E-state index contributed by atoms with van der Waals surface area (Å²) in [5.74, 6) is 2.27. The molecule has 2 aromatic carbocycles. The number of hydrogen-bond donors (Lipinski definition) is 1. The summed E-state index contributed by atoms with van der Waals surface area (Å²) in [6.07, 6.45) is 5.03. The van der Waals surface area contributed by atoms with Gasteiger partial charge in [0.05, 0.1) is 5.56 Å². The van der Waals surface area contributed by atoms with Gasteiger partial charge in [0.25, 0.3) is 5.91 Å². The first-order valence-corrected chi connectivity index (χ1v) is 12.6. The standard InChI is InChI=1S/C29H34N4O2/c1-30-16-14-27(22-7-4-3-5-8-22)35-24-13-12-23(26(19-24)21-10-11-21)20-33-18-17-32(2)28-25(29(33)34)9-6-15-31-28/h3-9,12-13,15,19,21,27,30H,10-11,14,16-18,20H2,1-2H3. The Morgan fingerprint density at radius 2 is 1.91 bits per heavy atom. The van der Waals surface area contributed by atoms with Crippen LogP contribution in [0.4, 0.5) is 5.82 Å². The van der Waals surface area contributed by atoms with Gasteiger partial charge in [0.1, 0.15) is 17.7 Å². The quantitative estimate of drug-likeness (QED) is 0.488.